The number of H-pyrrole nitrogens is 1. The van der Waals surface area contributed by atoms with Gasteiger partial charge in [-0.15, -0.1) is 0 Å². The van der Waals surface area contributed by atoms with E-state index in [1.807, 2.05) is 16.9 Å². The number of carbonyl (C=O) groups excluding carboxylic acids is 1. The largest absolute Gasteiger partial charge is 0.393 e. The van der Waals surface area contributed by atoms with Crippen molar-refractivity contribution in [3.63, 3.8) is 0 Å². The van der Waals surface area contributed by atoms with E-state index in [0.29, 0.717) is 22.8 Å². The molecule has 1 aliphatic carbocycles. The number of rotatable bonds is 5. The van der Waals surface area contributed by atoms with Crippen LogP contribution in [0.15, 0.2) is 55.4 Å². The van der Waals surface area contributed by atoms with Gasteiger partial charge in [-0.05, 0) is 37.8 Å². The van der Waals surface area contributed by atoms with Gasteiger partial charge in [0.15, 0.2) is 0 Å². The molecule has 1 fully saturated rings. The third kappa shape index (κ3) is 4.12. The number of hydrogen-bond acceptors (Lipinski definition) is 7. The molecule has 4 aromatic heterocycles. The Hall–Kier alpha value is -3.92. The fourth-order valence-electron chi connectivity index (χ4n) is 3.90. The minimum Gasteiger partial charge on any atom is -0.393 e. The Labute approximate surface area is 183 Å². The smallest absolute Gasteiger partial charge is 0.274 e. The summed E-state index contributed by atoms with van der Waals surface area (Å²) in [6, 6.07) is 5.42. The number of nitrogens with zero attached hydrogens (tertiary/aromatic N) is 6. The number of aromatic nitrogens is 7. The predicted octanol–water partition coefficient (Wildman–Crippen LogP) is 2.85. The number of hydrogen-bond donors (Lipinski definition) is 3. The normalized spacial score (nSPS) is 18.4. The van der Waals surface area contributed by atoms with Gasteiger partial charge >= 0.3 is 0 Å². The van der Waals surface area contributed by atoms with Gasteiger partial charge in [-0.25, -0.2) is 4.98 Å². The Kier molecular flexibility index (Phi) is 5.42. The molecule has 0 unspecified atom stereocenters. The van der Waals surface area contributed by atoms with Gasteiger partial charge in [-0.2, -0.15) is 10.2 Å². The Morgan fingerprint density at radius 2 is 2.00 bits per heavy atom. The van der Waals surface area contributed by atoms with Crippen LogP contribution in [0.2, 0.25) is 0 Å². The van der Waals surface area contributed by atoms with Crippen LogP contribution >= 0.6 is 0 Å². The van der Waals surface area contributed by atoms with Crippen molar-refractivity contribution in [3.8, 4) is 22.6 Å². The first-order valence-corrected chi connectivity index (χ1v) is 10.5. The quantitative estimate of drug-likeness (QED) is 0.443. The zero-order valence-electron chi connectivity index (χ0n) is 17.2. The minimum atomic E-state index is -0.348. The van der Waals surface area contributed by atoms with Gasteiger partial charge < -0.3 is 10.4 Å². The van der Waals surface area contributed by atoms with Crippen molar-refractivity contribution in [1.82, 2.24) is 34.9 Å². The highest BCUT2D eigenvalue weighted by Gasteiger charge is 2.24. The maximum Gasteiger partial charge on any atom is 0.274 e. The van der Waals surface area contributed by atoms with Gasteiger partial charge in [-0.1, -0.05) is 6.07 Å². The highest BCUT2D eigenvalue weighted by molar-refractivity contribution is 6.04. The number of anilines is 1. The molecule has 4 heterocycles. The zero-order chi connectivity index (χ0) is 21.9. The van der Waals surface area contributed by atoms with Gasteiger partial charge in [-0.3, -0.25) is 24.5 Å². The van der Waals surface area contributed by atoms with E-state index in [2.05, 4.69) is 30.5 Å². The van der Waals surface area contributed by atoms with E-state index in [-0.39, 0.29) is 23.7 Å². The monoisotopic (exact) mass is 430 g/mol. The van der Waals surface area contributed by atoms with E-state index < -0.39 is 0 Å². The Bertz CT molecular complexity index is 1200. The minimum absolute atomic E-state index is 0.155. The maximum atomic E-state index is 13.0. The van der Waals surface area contributed by atoms with Crippen LogP contribution in [-0.2, 0) is 0 Å². The topological polar surface area (TPSA) is 134 Å². The molecule has 4 aromatic rings. The molecule has 0 aromatic carbocycles. The first-order chi connectivity index (χ1) is 15.7. The lowest BCUT2D eigenvalue weighted by Gasteiger charge is -2.25. The molecule has 0 radical (unpaired) electrons. The summed E-state index contributed by atoms with van der Waals surface area (Å²) < 4.78 is 1.86. The Morgan fingerprint density at radius 3 is 2.75 bits per heavy atom. The van der Waals surface area contributed by atoms with E-state index in [1.165, 1.54) is 0 Å². The first-order valence-electron chi connectivity index (χ1n) is 10.5. The number of pyridine rings is 1. The zero-order valence-corrected chi connectivity index (χ0v) is 17.2. The summed E-state index contributed by atoms with van der Waals surface area (Å²) in [5.74, 6) is -0.348. The van der Waals surface area contributed by atoms with Crippen LogP contribution in [0.1, 0.15) is 42.2 Å². The number of aliphatic hydroxyl groups excluding tert-OH is 1. The summed E-state index contributed by atoms with van der Waals surface area (Å²) in [6.07, 6.45) is 12.9. The summed E-state index contributed by atoms with van der Waals surface area (Å²) in [5.41, 5.74) is 3.38. The van der Waals surface area contributed by atoms with Crippen molar-refractivity contribution in [1.29, 1.82) is 0 Å². The van der Waals surface area contributed by atoms with E-state index in [1.54, 1.807) is 43.1 Å². The molecule has 32 heavy (non-hydrogen) atoms. The molecule has 1 amide bonds. The fourth-order valence-corrected chi connectivity index (χ4v) is 3.90. The summed E-state index contributed by atoms with van der Waals surface area (Å²) in [6.45, 7) is 0. The first kappa shape index (κ1) is 20.0. The molecule has 0 bridgehead atoms. The molecule has 162 valence electrons. The molecule has 1 aliphatic rings. The lowest BCUT2D eigenvalue weighted by molar-refractivity contribution is 0.102. The Morgan fingerprint density at radius 1 is 1.12 bits per heavy atom. The van der Waals surface area contributed by atoms with Crippen molar-refractivity contribution in [2.45, 2.75) is 37.8 Å². The number of aliphatic hydroxyl groups is 1. The molecular weight excluding hydrogens is 408 g/mol. The molecule has 0 aliphatic heterocycles. The Balaban J connectivity index is 1.44. The number of amides is 1. The predicted molar refractivity (Wildman–Crippen MR) is 117 cm³/mol. The second-order valence-corrected chi connectivity index (χ2v) is 7.77. The summed E-state index contributed by atoms with van der Waals surface area (Å²) in [7, 11) is 0. The van der Waals surface area contributed by atoms with Crippen molar-refractivity contribution in [2.75, 3.05) is 5.32 Å². The second kappa shape index (κ2) is 8.67. The summed E-state index contributed by atoms with van der Waals surface area (Å²) in [5, 5.41) is 24.2. The average molecular weight is 430 g/mol. The highest BCUT2D eigenvalue weighted by atomic mass is 16.3. The summed E-state index contributed by atoms with van der Waals surface area (Å²) in [4.78, 5) is 26.0. The summed E-state index contributed by atoms with van der Waals surface area (Å²) >= 11 is 0. The van der Waals surface area contributed by atoms with Crippen LogP contribution in [0.25, 0.3) is 22.6 Å². The van der Waals surface area contributed by atoms with E-state index in [0.717, 1.165) is 31.2 Å². The van der Waals surface area contributed by atoms with Gasteiger partial charge in [0.25, 0.3) is 5.91 Å². The van der Waals surface area contributed by atoms with E-state index in [9.17, 15) is 9.90 Å². The maximum absolute atomic E-state index is 13.0. The van der Waals surface area contributed by atoms with Gasteiger partial charge in [0, 0.05) is 30.4 Å². The van der Waals surface area contributed by atoms with Gasteiger partial charge in [0.05, 0.1) is 35.9 Å². The molecular formula is C22H22N8O2. The van der Waals surface area contributed by atoms with Crippen LogP contribution in [0.5, 0.6) is 0 Å². The lowest BCUT2D eigenvalue weighted by Crippen LogP contribution is -2.21. The average Bonchev–Trinajstić information content (AvgIpc) is 3.51. The third-order valence-electron chi connectivity index (χ3n) is 5.60. The van der Waals surface area contributed by atoms with Crippen LogP contribution in [0.4, 0.5) is 5.69 Å². The van der Waals surface area contributed by atoms with Gasteiger partial charge in [0.1, 0.15) is 17.1 Å². The number of aromatic amines is 1. The van der Waals surface area contributed by atoms with Crippen molar-refractivity contribution >= 4 is 11.6 Å². The highest BCUT2D eigenvalue weighted by Crippen LogP contribution is 2.32. The number of carbonyl (C=O) groups is 1. The molecule has 0 saturated heterocycles. The van der Waals surface area contributed by atoms with E-state index in [4.69, 9.17) is 5.10 Å². The molecule has 10 heteroatoms. The molecule has 5 rings (SSSR count). The third-order valence-corrected chi connectivity index (χ3v) is 5.60. The van der Waals surface area contributed by atoms with Crippen LogP contribution in [0, 0.1) is 0 Å². The second-order valence-electron chi connectivity index (χ2n) is 7.77. The van der Waals surface area contributed by atoms with Crippen molar-refractivity contribution in [2.24, 2.45) is 0 Å². The van der Waals surface area contributed by atoms with Crippen LogP contribution in [0.3, 0.4) is 0 Å². The lowest BCUT2D eigenvalue weighted by atomic mass is 9.93. The van der Waals surface area contributed by atoms with Crippen molar-refractivity contribution in [3.05, 3.63) is 61.1 Å². The standard InChI is InChI=1S/C22H22N8O2/c31-16-6-4-15(5-7-16)30-13-20(21(29-30)19-12-23-8-9-24-19)28-22(32)18-3-1-2-17(27-18)14-10-25-26-11-14/h1-3,8-13,15-16,31H,4-7H2,(H,25,26)(H,28,32). The van der Waals surface area contributed by atoms with Crippen molar-refractivity contribution < 1.29 is 9.90 Å². The number of nitrogens with one attached hydrogen (secondary N) is 2. The molecule has 3 N–H and O–H groups in total. The molecule has 0 spiro atoms. The fraction of sp³-hybridized carbons (Fsp3) is 0.273. The van der Waals surface area contributed by atoms with Crippen LogP contribution < -0.4 is 5.32 Å². The molecule has 0 atom stereocenters. The van der Waals surface area contributed by atoms with Gasteiger partial charge in [0.2, 0.25) is 0 Å². The molecule has 10 nitrogen and oxygen atoms in total. The SMILES string of the molecule is O=C(Nc1cn(C2CCC(O)CC2)nc1-c1cnccn1)c1cccc(-c2cn[nH]c2)n1. The van der Waals surface area contributed by atoms with E-state index >= 15 is 0 Å². The van der Waals surface area contributed by atoms with Crippen LogP contribution in [-0.4, -0.2) is 52.0 Å². The molecule has 1 saturated carbocycles.